The standard InChI is InChI=1S/C22H22BrF4NO2/c1-2-30-18-10-14(13-3-6-17(23)7-4-13)9-15(11-18)21(29)28-20-8-5-16(12-19(20)24)22(25,26)27/h3-8,12,14-15,18H,2,9-11H2,1H3,(H,28,29). The van der Waals surface area contributed by atoms with Crippen LogP contribution in [0.15, 0.2) is 46.9 Å². The molecule has 1 N–H and O–H groups in total. The van der Waals surface area contributed by atoms with Crippen molar-refractivity contribution in [3.05, 3.63) is 63.9 Å². The molecule has 0 heterocycles. The summed E-state index contributed by atoms with van der Waals surface area (Å²) in [5, 5.41) is 2.46. The topological polar surface area (TPSA) is 38.3 Å². The Morgan fingerprint density at radius 2 is 1.83 bits per heavy atom. The van der Waals surface area contributed by atoms with Crippen molar-refractivity contribution in [2.45, 2.75) is 44.4 Å². The maximum atomic E-state index is 14.1. The fourth-order valence-electron chi connectivity index (χ4n) is 3.89. The molecule has 1 saturated carbocycles. The molecule has 3 rings (SSSR count). The molecule has 1 aliphatic carbocycles. The number of carbonyl (C=O) groups is 1. The van der Waals surface area contributed by atoms with E-state index in [1.807, 2.05) is 31.2 Å². The number of hydrogen-bond acceptors (Lipinski definition) is 2. The molecule has 3 nitrogen and oxygen atoms in total. The molecule has 2 aromatic carbocycles. The SMILES string of the molecule is CCOC1CC(C(=O)Nc2ccc(C(F)(F)F)cc2F)CC(c2ccc(Br)cc2)C1. The Hall–Kier alpha value is -1.93. The number of rotatable bonds is 5. The van der Waals surface area contributed by atoms with Gasteiger partial charge >= 0.3 is 6.18 Å². The Bertz CT molecular complexity index is 886. The summed E-state index contributed by atoms with van der Waals surface area (Å²) in [7, 11) is 0. The summed E-state index contributed by atoms with van der Waals surface area (Å²) in [6.07, 6.45) is -2.96. The van der Waals surface area contributed by atoms with Crippen LogP contribution in [-0.4, -0.2) is 18.6 Å². The Balaban J connectivity index is 1.75. The number of hydrogen-bond donors (Lipinski definition) is 1. The van der Waals surface area contributed by atoms with Crippen LogP contribution in [0.25, 0.3) is 0 Å². The van der Waals surface area contributed by atoms with Crippen molar-refractivity contribution in [3.8, 4) is 0 Å². The summed E-state index contributed by atoms with van der Waals surface area (Å²) in [6, 6.07) is 9.96. The fraction of sp³-hybridized carbons (Fsp3) is 0.409. The van der Waals surface area contributed by atoms with E-state index < -0.39 is 29.4 Å². The molecule has 0 radical (unpaired) electrons. The Morgan fingerprint density at radius 1 is 1.13 bits per heavy atom. The molecule has 1 fully saturated rings. The first-order valence-electron chi connectivity index (χ1n) is 9.72. The second kappa shape index (κ2) is 9.47. The van der Waals surface area contributed by atoms with Gasteiger partial charge in [-0.3, -0.25) is 4.79 Å². The average molecular weight is 488 g/mol. The molecule has 1 amide bonds. The number of anilines is 1. The lowest BCUT2D eigenvalue weighted by Gasteiger charge is -2.34. The lowest BCUT2D eigenvalue weighted by Crippen LogP contribution is -2.34. The second-order valence-corrected chi connectivity index (χ2v) is 8.33. The Morgan fingerprint density at radius 3 is 2.43 bits per heavy atom. The van der Waals surface area contributed by atoms with E-state index in [1.54, 1.807) is 0 Å². The van der Waals surface area contributed by atoms with Gasteiger partial charge in [-0.1, -0.05) is 28.1 Å². The quantitative estimate of drug-likeness (QED) is 0.486. The minimum absolute atomic E-state index is 0.0941. The molecule has 2 aromatic rings. The first-order chi connectivity index (χ1) is 14.2. The molecule has 0 bridgehead atoms. The van der Waals surface area contributed by atoms with Crippen molar-refractivity contribution < 1.29 is 27.1 Å². The highest BCUT2D eigenvalue weighted by atomic mass is 79.9. The predicted molar refractivity (Wildman–Crippen MR) is 110 cm³/mol. The molecule has 0 spiro atoms. The highest BCUT2D eigenvalue weighted by molar-refractivity contribution is 9.10. The van der Waals surface area contributed by atoms with Crippen LogP contribution >= 0.6 is 15.9 Å². The molecule has 0 aromatic heterocycles. The molecular weight excluding hydrogens is 466 g/mol. The largest absolute Gasteiger partial charge is 0.416 e. The maximum absolute atomic E-state index is 14.1. The van der Waals surface area contributed by atoms with E-state index in [2.05, 4.69) is 21.2 Å². The number of alkyl halides is 3. The van der Waals surface area contributed by atoms with E-state index >= 15 is 0 Å². The van der Waals surface area contributed by atoms with Crippen LogP contribution in [0, 0.1) is 11.7 Å². The van der Waals surface area contributed by atoms with Crippen molar-refractivity contribution in [2.24, 2.45) is 5.92 Å². The zero-order chi connectivity index (χ0) is 21.9. The van der Waals surface area contributed by atoms with Crippen molar-refractivity contribution in [1.82, 2.24) is 0 Å². The Labute approximate surface area is 180 Å². The van der Waals surface area contributed by atoms with Crippen molar-refractivity contribution in [2.75, 3.05) is 11.9 Å². The second-order valence-electron chi connectivity index (χ2n) is 7.41. The molecule has 1 aliphatic rings. The van der Waals surface area contributed by atoms with E-state index in [0.717, 1.165) is 28.6 Å². The first kappa shape index (κ1) is 22.7. The summed E-state index contributed by atoms with van der Waals surface area (Å²) >= 11 is 3.41. The van der Waals surface area contributed by atoms with Gasteiger partial charge in [0.25, 0.3) is 0 Å². The molecule has 0 aliphatic heterocycles. The van der Waals surface area contributed by atoms with Gasteiger partial charge in [-0.25, -0.2) is 4.39 Å². The van der Waals surface area contributed by atoms with Gasteiger partial charge in [0.15, 0.2) is 0 Å². The van der Waals surface area contributed by atoms with Crippen LogP contribution in [0.4, 0.5) is 23.2 Å². The molecule has 3 unspecified atom stereocenters. The third-order valence-corrected chi connectivity index (χ3v) is 5.86. The number of nitrogens with one attached hydrogen (secondary N) is 1. The van der Waals surface area contributed by atoms with E-state index in [0.29, 0.717) is 25.5 Å². The third-order valence-electron chi connectivity index (χ3n) is 5.33. The third kappa shape index (κ3) is 5.60. The van der Waals surface area contributed by atoms with Crippen LogP contribution in [0.5, 0.6) is 0 Å². The fourth-order valence-corrected chi connectivity index (χ4v) is 4.15. The number of halogens is 5. The number of ether oxygens (including phenoxy) is 1. The van der Waals surface area contributed by atoms with Gasteiger partial charge in [-0.2, -0.15) is 13.2 Å². The zero-order valence-corrected chi connectivity index (χ0v) is 17.9. The minimum Gasteiger partial charge on any atom is -0.378 e. The van der Waals surface area contributed by atoms with Crippen molar-refractivity contribution in [1.29, 1.82) is 0 Å². The molecule has 8 heteroatoms. The number of carbonyl (C=O) groups excluding carboxylic acids is 1. The van der Waals surface area contributed by atoms with Gasteiger partial charge in [-0.15, -0.1) is 0 Å². The van der Waals surface area contributed by atoms with Crippen LogP contribution in [0.1, 0.15) is 43.2 Å². The molecular formula is C22H22BrF4NO2. The number of amides is 1. The average Bonchev–Trinajstić information content (AvgIpc) is 2.69. The van der Waals surface area contributed by atoms with E-state index in [9.17, 15) is 22.4 Å². The lowest BCUT2D eigenvalue weighted by molar-refractivity contribution is -0.137. The zero-order valence-electron chi connectivity index (χ0n) is 16.3. The van der Waals surface area contributed by atoms with E-state index in [1.165, 1.54) is 0 Å². The highest BCUT2D eigenvalue weighted by Gasteiger charge is 2.35. The lowest BCUT2D eigenvalue weighted by atomic mass is 9.76. The van der Waals surface area contributed by atoms with Gasteiger partial charge in [-0.05, 0) is 68.0 Å². The van der Waals surface area contributed by atoms with Gasteiger partial charge in [0.05, 0.1) is 17.4 Å². The number of benzene rings is 2. The Kier molecular flexibility index (Phi) is 7.18. The minimum atomic E-state index is -4.64. The first-order valence-corrected chi connectivity index (χ1v) is 10.5. The molecule has 30 heavy (non-hydrogen) atoms. The van der Waals surface area contributed by atoms with Gasteiger partial charge in [0, 0.05) is 17.0 Å². The summed E-state index contributed by atoms with van der Waals surface area (Å²) in [5.41, 5.74) is -0.268. The van der Waals surface area contributed by atoms with Gasteiger partial charge in [0.2, 0.25) is 5.91 Å². The molecule has 162 valence electrons. The highest BCUT2D eigenvalue weighted by Crippen LogP contribution is 2.39. The van der Waals surface area contributed by atoms with Crippen molar-refractivity contribution >= 4 is 27.5 Å². The van der Waals surface area contributed by atoms with Gasteiger partial charge in [0.1, 0.15) is 5.82 Å². The normalized spacial score (nSPS) is 22.0. The smallest absolute Gasteiger partial charge is 0.378 e. The molecule has 0 saturated heterocycles. The van der Waals surface area contributed by atoms with E-state index in [4.69, 9.17) is 4.74 Å². The summed E-state index contributed by atoms with van der Waals surface area (Å²) in [4.78, 5) is 12.8. The van der Waals surface area contributed by atoms with Crippen LogP contribution in [0.3, 0.4) is 0 Å². The van der Waals surface area contributed by atoms with Crippen LogP contribution in [-0.2, 0) is 15.7 Å². The maximum Gasteiger partial charge on any atom is 0.416 e. The van der Waals surface area contributed by atoms with Crippen molar-refractivity contribution in [3.63, 3.8) is 0 Å². The van der Waals surface area contributed by atoms with Crippen LogP contribution < -0.4 is 5.32 Å². The molecule has 3 atom stereocenters. The summed E-state index contributed by atoms with van der Waals surface area (Å²) in [6.45, 7) is 2.40. The van der Waals surface area contributed by atoms with Gasteiger partial charge < -0.3 is 10.1 Å². The summed E-state index contributed by atoms with van der Waals surface area (Å²) < 4.78 is 59.1. The van der Waals surface area contributed by atoms with Crippen LogP contribution in [0.2, 0.25) is 0 Å². The monoisotopic (exact) mass is 487 g/mol. The predicted octanol–water partition coefficient (Wildman–Crippen LogP) is 6.53. The van der Waals surface area contributed by atoms with E-state index in [-0.39, 0.29) is 17.7 Å². The summed E-state index contributed by atoms with van der Waals surface area (Å²) in [5.74, 6) is -1.87.